The third-order valence-electron chi connectivity index (χ3n) is 3.43. The zero-order chi connectivity index (χ0) is 16.2. The van der Waals surface area contributed by atoms with Gasteiger partial charge < -0.3 is 14.8 Å². The van der Waals surface area contributed by atoms with E-state index >= 15 is 0 Å². The van der Waals surface area contributed by atoms with Crippen LogP contribution in [0.15, 0.2) is 52.5 Å². The molecule has 3 aromatic heterocycles. The van der Waals surface area contributed by atoms with Gasteiger partial charge in [-0.15, -0.1) is 11.3 Å². The summed E-state index contributed by atoms with van der Waals surface area (Å²) in [4.78, 5) is 17.8. The van der Waals surface area contributed by atoms with Crippen LogP contribution in [0.3, 0.4) is 0 Å². The number of rotatable bonds is 5. The number of aliphatic hydroxyl groups excluding tert-OH is 1. The Balaban J connectivity index is 1.68. The average molecular weight is 328 g/mol. The van der Waals surface area contributed by atoms with Gasteiger partial charge in [0.15, 0.2) is 0 Å². The van der Waals surface area contributed by atoms with E-state index in [4.69, 9.17) is 4.42 Å². The van der Waals surface area contributed by atoms with Crippen LogP contribution in [0.2, 0.25) is 0 Å². The average Bonchev–Trinajstić information content (AvgIpc) is 3.24. The van der Waals surface area contributed by atoms with Crippen molar-refractivity contribution in [2.24, 2.45) is 0 Å². The maximum atomic E-state index is 12.2. The predicted molar refractivity (Wildman–Crippen MR) is 88.3 cm³/mol. The minimum atomic E-state index is -0.868. The smallest absolute Gasteiger partial charge is 0.253 e. The molecule has 0 fully saturated rings. The zero-order valence-electron chi connectivity index (χ0n) is 12.5. The molecule has 0 saturated carbocycles. The fourth-order valence-electron chi connectivity index (χ4n) is 2.23. The number of nitrogens with zero attached hydrogens (tertiary/aromatic N) is 1. The van der Waals surface area contributed by atoms with Gasteiger partial charge in [0, 0.05) is 0 Å². The van der Waals surface area contributed by atoms with Crippen molar-refractivity contribution >= 4 is 17.2 Å². The first-order chi connectivity index (χ1) is 11.1. The zero-order valence-corrected chi connectivity index (χ0v) is 13.3. The largest absolute Gasteiger partial charge is 0.467 e. The van der Waals surface area contributed by atoms with Gasteiger partial charge in [-0.1, -0.05) is 6.07 Å². The van der Waals surface area contributed by atoms with Crippen LogP contribution >= 0.6 is 11.3 Å². The lowest BCUT2D eigenvalue weighted by Gasteiger charge is -2.11. The summed E-state index contributed by atoms with van der Waals surface area (Å²) in [7, 11) is 0. The van der Waals surface area contributed by atoms with E-state index in [0.717, 1.165) is 10.6 Å². The Hall–Kier alpha value is -2.44. The number of carbonyl (C=O) groups is 1. The van der Waals surface area contributed by atoms with Crippen molar-refractivity contribution in [3.8, 4) is 10.6 Å². The second kappa shape index (κ2) is 6.76. The summed E-state index contributed by atoms with van der Waals surface area (Å²) in [5, 5.41) is 14.6. The molecule has 0 bridgehead atoms. The fourth-order valence-corrected chi connectivity index (χ4v) is 2.92. The van der Waals surface area contributed by atoms with E-state index in [2.05, 4.69) is 10.3 Å². The summed E-state index contributed by atoms with van der Waals surface area (Å²) < 4.78 is 5.10. The molecule has 0 spiro atoms. The van der Waals surface area contributed by atoms with Crippen LogP contribution in [0.5, 0.6) is 0 Å². The Bertz CT molecular complexity index is 782. The van der Waals surface area contributed by atoms with Crippen LogP contribution in [0.25, 0.3) is 10.6 Å². The fraction of sp³-hybridized carbons (Fsp3) is 0.176. The SMILES string of the molecule is Cc1nc(-c2cccs2)ccc1C(=O)NCC(O)c1ccco1. The van der Waals surface area contributed by atoms with Gasteiger partial charge in [0.1, 0.15) is 11.9 Å². The molecule has 1 unspecified atom stereocenters. The number of nitrogens with one attached hydrogen (secondary N) is 1. The highest BCUT2D eigenvalue weighted by molar-refractivity contribution is 7.13. The molecule has 0 aliphatic carbocycles. The van der Waals surface area contributed by atoms with Crippen molar-refractivity contribution in [2.75, 3.05) is 6.54 Å². The number of aliphatic hydroxyl groups is 1. The highest BCUT2D eigenvalue weighted by Gasteiger charge is 2.15. The maximum absolute atomic E-state index is 12.2. The minimum Gasteiger partial charge on any atom is -0.467 e. The minimum absolute atomic E-state index is 0.0818. The summed E-state index contributed by atoms with van der Waals surface area (Å²) in [6.45, 7) is 1.88. The number of pyridine rings is 1. The van der Waals surface area contributed by atoms with Gasteiger partial charge in [-0.3, -0.25) is 9.78 Å². The van der Waals surface area contributed by atoms with Gasteiger partial charge in [-0.2, -0.15) is 0 Å². The molecule has 0 aliphatic heterocycles. The topological polar surface area (TPSA) is 75.4 Å². The molecule has 6 heteroatoms. The number of hydrogen-bond donors (Lipinski definition) is 2. The molecule has 0 aromatic carbocycles. The number of thiophene rings is 1. The molecular formula is C17H16N2O3S. The first kappa shape index (κ1) is 15.5. The standard InChI is InChI=1S/C17H16N2O3S/c1-11-12(6-7-13(19-11)16-5-3-9-23-16)17(21)18-10-14(20)15-4-2-8-22-15/h2-9,14,20H,10H2,1H3,(H,18,21). The molecule has 23 heavy (non-hydrogen) atoms. The van der Waals surface area contributed by atoms with Crippen LogP contribution in [-0.2, 0) is 0 Å². The molecule has 1 atom stereocenters. The Labute approximate surface area is 137 Å². The number of carbonyl (C=O) groups excluding carboxylic acids is 1. The molecule has 0 aliphatic rings. The molecule has 0 saturated heterocycles. The van der Waals surface area contributed by atoms with E-state index in [0.29, 0.717) is 17.0 Å². The summed E-state index contributed by atoms with van der Waals surface area (Å²) in [6.07, 6.45) is 0.616. The van der Waals surface area contributed by atoms with E-state index < -0.39 is 6.10 Å². The first-order valence-electron chi connectivity index (χ1n) is 7.16. The van der Waals surface area contributed by atoms with Crippen molar-refractivity contribution in [1.82, 2.24) is 10.3 Å². The number of aromatic nitrogens is 1. The number of amides is 1. The maximum Gasteiger partial charge on any atom is 0.253 e. The van der Waals surface area contributed by atoms with Gasteiger partial charge >= 0.3 is 0 Å². The van der Waals surface area contributed by atoms with Gasteiger partial charge in [0.05, 0.1) is 34.6 Å². The van der Waals surface area contributed by atoms with Crippen LogP contribution in [-0.4, -0.2) is 22.5 Å². The van der Waals surface area contributed by atoms with Crippen LogP contribution in [0.1, 0.15) is 27.9 Å². The summed E-state index contributed by atoms with van der Waals surface area (Å²) >= 11 is 1.61. The third-order valence-corrected chi connectivity index (χ3v) is 4.32. The lowest BCUT2D eigenvalue weighted by Crippen LogP contribution is -2.29. The normalized spacial score (nSPS) is 12.1. The molecule has 1 amide bonds. The van der Waals surface area contributed by atoms with E-state index in [1.807, 2.05) is 23.6 Å². The van der Waals surface area contributed by atoms with Crippen molar-refractivity contribution < 1.29 is 14.3 Å². The van der Waals surface area contributed by atoms with Gasteiger partial charge in [0.2, 0.25) is 0 Å². The summed E-state index contributed by atoms with van der Waals surface area (Å²) in [5.41, 5.74) is 2.00. The van der Waals surface area contributed by atoms with Crippen LogP contribution in [0, 0.1) is 6.92 Å². The number of aryl methyl sites for hydroxylation is 1. The lowest BCUT2D eigenvalue weighted by molar-refractivity contribution is 0.0900. The third kappa shape index (κ3) is 3.49. The molecule has 5 nitrogen and oxygen atoms in total. The Morgan fingerprint density at radius 1 is 1.35 bits per heavy atom. The second-order valence-electron chi connectivity index (χ2n) is 5.05. The van der Waals surface area contributed by atoms with Crippen molar-refractivity contribution in [2.45, 2.75) is 13.0 Å². The number of hydrogen-bond acceptors (Lipinski definition) is 5. The Morgan fingerprint density at radius 2 is 2.22 bits per heavy atom. The lowest BCUT2D eigenvalue weighted by atomic mass is 10.1. The Morgan fingerprint density at radius 3 is 2.87 bits per heavy atom. The summed E-state index contributed by atoms with van der Waals surface area (Å²) in [5.74, 6) is 0.159. The quantitative estimate of drug-likeness (QED) is 0.754. The van der Waals surface area contributed by atoms with Gasteiger partial charge in [-0.25, -0.2) is 0 Å². The van der Waals surface area contributed by atoms with Gasteiger partial charge in [-0.05, 0) is 42.6 Å². The van der Waals surface area contributed by atoms with Crippen molar-refractivity contribution in [1.29, 1.82) is 0 Å². The van der Waals surface area contributed by atoms with E-state index in [1.165, 1.54) is 6.26 Å². The first-order valence-corrected chi connectivity index (χ1v) is 8.04. The van der Waals surface area contributed by atoms with Gasteiger partial charge in [0.25, 0.3) is 5.91 Å². The summed E-state index contributed by atoms with van der Waals surface area (Å²) in [6, 6.07) is 10.9. The highest BCUT2D eigenvalue weighted by Crippen LogP contribution is 2.23. The molecule has 3 rings (SSSR count). The molecule has 3 heterocycles. The molecule has 2 N–H and O–H groups in total. The predicted octanol–water partition coefficient (Wildman–Crippen LogP) is 3.17. The molecule has 3 aromatic rings. The van der Waals surface area contributed by atoms with E-state index in [-0.39, 0.29) is 12.5 Å². The van der Waals surface area contributed by atoms with Crippen LogP contribution < -0.4 is 5.32 Å². The molecular weight excluding hydrogens is 312 g/mol. The molecule has 0 radical (unpaired) electrons. The van der Waals surface area contributed by atoms with Crippen molar-refractivity contribution in [3.05, 3.63) is 65.1 Å². The second-order valence-corrected chi connectivity index (χ2v) is 6.00. The van der Waals surface area contributed by atoms with Crippen molar-refractivity contribution in [3.63, 3.8) is 0 Å². The Kier molecular flexibility index (Phi) is 4.55. The highest BCUT2D eigenvalue weighted by atomic mass is 32.1. The van der Waals surface area contributed by atoms with E-state index in [1.54, 1.807) is 36.5 Å². The monoisotopic (exact) mass is 328 g/mol. The molecule has 118 valence electrons. The van der Waals surface area contributed by atoms with E-state index in [9.17, 15) is 9.90 Å². The van der Waals surface area contributed by atoms with Crippen LogP contribution in [0.4, 0.5) is 0 Å². The number of furan rings is 1.